The first-order valence-corrected chi connectivity index (χ1v) is 8.20. The number of ether oxygens (including phenoxy) is 3. The molecule has 4 nitrogen and oxygen atoms in total. The van der Waals surface area contributed by atoms with Crippen molar-refractivity contribution < 1.29 is 19.0 Å². The highest BCUT2D eigenvalue weighted by Crippen LogP contribution is 2.09. The molecule has 1 rings (SSSR count). The van der Waals surface area contributed by atoms with Gasteiger partial charge in [0.05, 0.1) is 6.61 Å². The summed E-state index contributed by atoms with van der Waals surface area (Å²) in [5, 5.41) is 0. The van der Waals surface area contributed by atoms with Crippen molar-refractivity contribution in [3.63, 3.8) is 0 Å². The third kappa shape index (κ3) is 8.67. The molecule has 0 saturated heterocycles. The lowest BCUT2D eigenvalue weighted by Crippen LogP contribution is -2.25. The monoisotopic (exact) mass is 308 g/mol. The Morgan fingerprint density at radius 3 is 2.45 bits per heavy atom. The van der Waals surface area contributed by atoms with Crippen molar-refractivity contribution >= 4 is 5.97 Å². The van der Waals surface area contributed by atoms with E-state index in [1.165, 1.54) is 25.7 Å². The molecule has 0 aliphatic heterocycles. The lowest BCUT2D eigenvalue weighted by molar-refractivity contribution is -0.160. The SMILES string of the molecule is CCCCCCCCOC(=O)C(C)OCOc1ccccc1. The van der Waals surface area contributed by atoms with Crippen LogP contribution in [0.2, 0.25) is 0 Å². The summed E-state index contributed by atoms with van der Waals surface area (Å²) in [6.45, 7) is 4.39. The van der Waals surface area contributed by atoms with Gasteiger partial charge in [0.1, 0.15) is 5.75 Å². The maximum absolute atomic E-state index is 11.7. The Hall–Kier alpha value is -1.55. The predicted molar refractivity (Wildman–Crippen MR) is 86.8 cm³/mol. The molecule has 0 heterocycles. The van der Waals surface area contributed by atoms with Crippen LogP contribution in [0.3, 0.4) is 0 Å². The molecule has 0 saturated carbocycles. The molecule has 0 aliphatic rings. The van der Waals surface area contributed by atoms with Gasteiger partial charge in [0.25, 0.3) is 0 Å². The number of carbonyl (C=O) groups excluding carboxylic acids is 1. The first kappa shape index (κ1) is 18.5. The van der Waals surface area contributed by atoms with Crippen LogP contribution in [0.25, 0.3) is 0 Å². The second-order valence-corrected chi connectivity index (χ2v) is 5.32. The lowest BCUT2D eigenvalue weighted by Gasteiger charge is -2.13. The summed E-state index contributed by atoms with van der Waals surface area (Å²) in [5.74, 6) is 0.389. The maximum Gasteiger partial charge on any atom is 0.335 e. The molecular weight excluding hydrogens is 280 g/mol. The number of hydrogen-bond donors (Lipinski definition) is 0. The smallest absolute Gasteiger partial charge is 0.335 e. The minimum atomic E-state index is -0.608. The number of carbonyl (C=O) groups is 1. The summed E-state index contributed by atoms with van der Waals surface area (Å²) in [7, 11) is 0. The molecule has 1 aromatic carbocycles. The standard InChI is InChI=1S/C18H28O4/c1-3-4-5-6-7-11-14-20-18(19)16(2)21-15-22-17-12-9-8-10-13-17/h8-10,12-13,16H,3-7,11,14-15H2,1-2H3. The zero-order chi connectivity index (χ0) is 16.0. The highest BCUT2D eigenvalue weighted by atomic mass is 16.7. The summed E-state index contributed by atoms with van der Waals surface area (Å²) in [5.41, 5.74) is 0. The molecule has 124 valence electrons. The van der Waals surface area contributed by atoms with Gasteiger partial charge in [0.2, 0.25) is 0 Å². The van der Waals surface area contributed by atoms with Gasteiger partial charge in [-0.1, -0.05) is 57.2 Å². The molecule has 0 N–H and O–H groups in total. The van der Waals surface area contributed by atoms with Crippen LogP contribution in [0.1, 0.15) is 52.4 Å². The van der Waals surface area contributed by atoms with Crippen LogP contribution < -0.4 is 4.74 Å². The van der Waals surface area contributed by atoms with Crippen LogP contribution in [0, 0.1) is 0 Å². The second kappa shape index (κ2) is 12.0. The average molecular weight is 308 g/mol. The van der Waals surface area contributed by atoms with Crippen molar-refractivity contribution in [1.29, 1.82) is 0 Å². The zero-order valence-electron chi connectivity index (χ0n) is 13.8. The molecule has 1 aromatic rings. The number of benzene rings is 1. The highest BCUT2D eigenvalue weighted by Gasteiger charge is 2.14. The van der Waals surface area contributed by atoms with E-state index in [-0.39, 0.29) is 12.8 Å². The molecule has 22 heavy (non-hydrogen) atoms. The van der Waals surface area contributed by atoms with Crippen molar-refractivity contribution in [1.82, 2.24) is 0 Å². The van der Waals surface area contributed by atoms with Crippen LogP contribution in [-0.4, -0.2) is 25.5 Å². The van der Waals surface area contributed by atoms with Crippen molar-refractivity contribution in [3.05, 3.63) is 30.3 Å². The van der Waals surface area contributed by atoms with Gasteiger partial charge in [-0.25, -0.2) is 4.79 Å². The Morgan fingerprint density at radius 1 is 1.05 bits per heavy atom. The van der Waals surface area contributed by atoms with E-state index in [1.807, 2.05) is 30.3 Å². The van der Waals surface area contributed by atoms with Crippen molar-refractivity contribution in [2.45, 2.75) is 58.5 Å². The number of hydrogen-bond acceptors (Lipinski definition) is 4. The van der Waals surface area contributed by atoms with Crippen molar-refractivity contribution in [2.24, 2.45) is 0 Å². The van der Waals surface area contributed by atoms with E-state index in [9.17, 15) is 4.79 Å². The van der Waals surface area contributed by atoms with E-state index < -0.39 is 6.10 Å². The molecule has 0 aromatic heterocycles. The number of para-hydroxylation sites is 1. The van der Waals surface area contributed by atoms with Gasteiger partial charge in [-0.05, 0) is 25.5 Å². The highest BCUT2D eigenvalue weighted by molar-refractivity contribution is 5.74. The molecule has 1 unspecified atom stereocenters. The van der Waals surface area contributed by atoms with Gasteiger partial charge in [-0.15, -0.1) is 0 Å². The molecule has 0 fully saturated rings. The molecular formula is C18H28O4. The third-order valence-corrected chi connectivity index (χ3v) is 3.36. The fourth-order valence-corrected chi connectivity index (χ4v) is 1.96. The lowest BCUT2D eigenvalue weighted by atomic mass is 10.1. The maximum atomic E-state index is 11.7. The van der Waals surface area contributed by atoms with Crippen LogP contribution in [0.15, 0.2) is 30.3 Å². The minimum absolute atomic E-state index is 0.0390. The number of unbranched alkanes of at least 4 members (excludes halogenated alkanes) is 5. The first-order valence-electron chi connectivity index (χ1n) is 8.20. The first-order chi connectivity index (χ1) is 10.7. The van der Waals surface area contributed by atoms with Crippen molar-refractivity contribution in [2.75, 3.05) is 13.4 Å². The number of esters is 1. The molecule has 0 radical (unpaired) electrons. The fourth-order valence-electron chi connectivity index (χ4n) is 1.96. The van der Waals surface area contributed by atoms with Crippen LogP contribution in [0.4, 0.5) is 0 Å². The van der Waals surface area contributed by atoms with Gasteiger partial charge in [-0.3, -0.25) is 0 Å². The molecule has 0 bridgehead atoms. The van der Waals surface area contributed by atoms with Gasteiger partial charge < -0.3 is 14.2 Å². The predicted octanol–water partition coefficient (Wildman–Crippen LogP) is 4.33. The Bertz CT molecular complexity index is 391. The molecule has 0 amide bonds. The summed E-state index contributed by atoms with van der Waals surface area (Å²) < 4.78 is 15.9. The molecule has 4 heteroatoms. The van der Waals surface area contributed by atoms with E-state index in [0.29, 0.717) is 6.61 Å². The normalized spacial score (nSPS) is 11.9. The van der Waals surface area contributed by atoms with E-state index in [2.05, 4.69) is 6.92 Å². The molecule has 0 aliphatic carbocycles. The van der Waals surface area contributed by atoms with Crippen LogP contribution in [-0.2, 0) is 14.3 Å². The van der Waals surface area contributed by atoms with E-state index in [1.54, 1.807) is 6.92 Å². The Labute approximate surface area is 133 Å². The largest absolute Gasteiger partial charge is 0.468 e. The van der Waals surface area contributed by atoms with Gasteiger partial charge in [0, 0.05) is 0 Å². The topological polar surface area (TPSA) is 44.8 Å². The molecule has 0 spiro atoms. The van der Waals surface area contributed by atoms with E-state index in [0.717, 1.165) is 18.6 Å². The quantitative estimate of drug-likeness (QED) is 0.327. The van der Waals surface area contributed by atoms with Gasteiger partial charge in [-0.2, -0.15) is 0 Å². The molecule has 1 atom stereocenters. The number of rotatable bonds is 12. The second-order valence-electron chi connectivity index (χ2n) is 5.32. The summed E-state index contributed by atoms with van der Waals surface area (Å²) >= 11 is 0. The summed E-state index contributed by atoms with van der Waals surface area (Å²) in [6.07, 6.45) is 6.43. The van der Waals surface area contributed by atoms with Crippen LogP contribution in [0.5, 0.6) is 5.75 Å². The van der Waals surface area contributed by atoms with E-state index in [4.69, 9.17) is 14.2 Å². The summed E-state index contributed by atoms with van der Waals surface area (Å²) in [4.78, 5) is 11.7. The van der Waals surface area contributed by atoms with E-state index >= 15 is 0 Å². The van der Waals surface area contributed by atoms with Crippen molar-refractivity contribution in [3.8, 4) is 5.75 Å². The van der Waals surface area contributed by atoms with Crippen LogP contribution >= 0.6 is 0 Å². The summed E-state index contributed by atoms with van der Waals surface area (Å²) in [6, 6.07) is 9.35. The Morgan fingerprint density at radius 2 is 1.73 bits per heavy atom. The van der Waals surface area contributed by atoms with Gasteiger partial charge in [0.15, 0.2) is 12.9 Å². The third-order valence-electron chi connectivity index (χ3n) is 3.36. The zero-order valence-corrected chi connectivity index (χ0v) is 13.8. The van der Waals surface area contributed by atoms with Gasteiger partial charge >= 0.3 is 5.97 Å². The Kier molecular flexibility index (Phi) is 10.1. The Balaban J connectivity index is 2.02. The fraction of sp³-hybridized carbons (Fsp3) is 0.611. The minimum Gasteiger partial charge on any atom is -0.468 e. The average Bonchev–Trinajstić information content (AvgIpc) is 2.54.